The van der Waals surface area contributed by atoms with Gasteiger partial charge in [-0.15, -0.1) is 0 Å². The summed E-state index contributed by atoms with van der Waals surface area (Å²) in [7, 11) is 0. The van der Waals surface area contributed by atoms with E-state index in [-0.39, 0.29) is 23.9 Å². The fraction of sp³-hybridized carbons (Fsp3) is 0.333. The minimum Gasteiger partial charge on any atom is -0.328 e. The van der Waals surface area contributed by atoms with Gasteiger partial charge < -0.3 is 9.47 Å². The molecular weight excluding hydrogens is 367 g/mol. The maximum absolute atomic E-state index is 13.0. The SMILES string of the molecule is CCCn1c(C2CC(=O)N(c3cccc(C(F)(F)F)c3)C2)nc2ccccc21. The molecule has 0 saturated carbocycles. The van der Waals surface area contributed by atoms with E-state index in [1.54, 1.807) is 6.07 Å². The van der Waals surface area contributed by atoms with Gasteiger partial charge in [-0.05, 0) is 36.8 Å². The number of imidazole rings is 1. The Morgan fingerprint density at radius 1 is 1.14 bits per heavy atom. The summed E-state index contributed by atoms with van der Waals surface area (Å²) in [6, 6.07) is 12.8. The van der Waals surface area contributed by atoms with Gasteiger partial charge in [0, 0.05) is 31.1 Å². The van der Waals surface area contributed by atoms with Crippen LogP contribution in [0.2, 0.25) is 0 Å². The van der Waals surface area contributed by atoms with E-state index >= 15 is 0 Å². The molecule has 7 heteroatoms. The minimum absolute atomic E-state index is 0.152. The van der Waals surface area contributed by atoms with Crippen molar-refractivity contribution in [1.29, 1.82) is 0 Å². The van der Waals surface area contributed by atoms with Crippen molar-refractivity contribution in [3.8, 4) is 0 Å². The Balaban J connectivity index is 1.68. The highest BCUT2D eigenvalue weighted by molar-refractivity contribution is 5.96. The quantitative estimate of drug-likeness (QED) is 0.633. The van der Waals surface area contributed by atoms with Crippen LogP contribution in [0.15, 0.2) is 48.5 Å². The number of carbonyl (C=O) groups excluding carboxylic acids is 1. The predicted octanol–water partition coefficient (Wildman–Crippen LogP) is 4.99. The standard InChI is InChI=1S/C21H20F3N3O/c1-2-10-26-18-9-4-3-8-17(18)25-20(26)14-11-19(28)27(13-14)16-7-5-6-15(12-16)21(22,23)24/h3-9,12,14H,2,10-11,13H2,1H3. The van der Waals surface area contributed by atoms with Crippen LogP contribution in [0.4, 0.5) is 18.9 Å². The topological polar surface area (TPSA) is 38.1 Å². The highest BCUT2D eigenvalue weighted by atomic mass is 19.4. The van der Waals surface area contributed by atoms with Crippen molar-refractivity contribution in [1.82, 2.24) is 9.55 Å². The molecular formula is C21H20F3N3O. The van der Waals surface area contributed by atoms with E-state index in [1.165, 1.54) is 11.0 Å². The molecule has 0 aliphatic carbocycles. The van der Waals surface area contributed by atoms with E-state index in [2.05, 4.69) is 11.5 Å². The van der Waals surface area contributed by atoms with Gasteiger partial charge in [0.15, 0.2) is 0 Å². The number of halogens is 3. The Morgan fingerprint density at radius 3 is 2.68 bits per heavy atom. The van der Waals surface area contributed by atoms with Crippen molar-refractivity contribution < 1.29 is 18.0 Å². The number of rotatable bonds is 4. The molecule has 146 valence electrons. The summed E-state index contributed by atoms with van der Waals surface area (Å²) in [5, 5.41) is 0. The maximum Gasteiger partial charge on any atom is 0.416 e. The molecule has 2 aromatic carbocycles. The molecule has 2 heterocycles. The Labute approximate surface area is 160 Å². The molecule has 4 rings (SSSR count). The minimum atomic E-state index is -4.44. The number of aromatic nitrogens is 2. The molecule has 1 amide bonds. The van der Waals surface area contributed by atoms with Gasteiger partial charge in [0.05, 0.1) is 16.6 Å². The number of hydrogen-bond donors (Lipinski definition) is 0. The molecule has 28 heavy (non-hydrogen) atoms. The molecule has 1 atom stereocenters. The predicted molar refractivity (Wildman–Crippen MR) is 101 cm³/mol. The molecule has 1 aromatic heterocycles. The second kappa shape index (κ2) is 6.96. The first kappa shape index (κ1) is 18.5. The largest absolute Gasteiger partial charge is 0.416 e. The summed E-state index contributed by atoms with van der Waals surface area (Å²) in [6.45, 7) is 3.19. The van der Waals surface area contributed by atoms with E-state index < -0.39 is 11.7 Å². The van der Waals surface area contributed by atoms with Gasteiger partial charge in [-0.2, -0.15) is 13.2 Å². The first-order chi connectivity index (χ1) is 13.4. The first-order valence-electron chi connectivity index (χ1n) is 9.31. The zero-order valence-electron chi connectivity index (χ0n) is 15.4. The fourth-order valence-corrected chi connectivity index (χ4v) is 3.84. The van der Waals surface area contributed by atoms with Crippen molar-refractivity contribution in [2.24, 2.45) is 0 Å². The van der Waals surface area contributed by atoms with E-state index in [9.17, 15) is 18.0 Å². The lowest BCUT2D eigenvalue weighted by Crippen LogP contribution is -2.25. The van der Waals surface area contributed by atoms with Gasteiger partial charge in [-0.25, -0.2) is 4.98 Å². The zero-order valence-corrected chi connectivity index (χ0v) is 15.4. The third-order valence-electron chi connectivity index (χ3n) is 5.11. The molecule has 1 fully saturated rings. The van der Waals surface area contributed by atoms with Crippen molar-refractivity contribution in [3.05, 3.63) is 59.9 Å². The molecule has 1 aliphatic rings. The van der Waals surface area contributed by atoms with Gasteiger partial charge in [0.25, 0.3) is 0 Å². The second-order valence-electron chi connectivity index (χ2n) is 7.06. The number of benzene rings is 2. The van der Waals surface area contributed by atoms with Crippen LogP contribution < -0.4 is 4.90 Å². The van der Waals surface area contributed by atoms with Crippen LogP contribution in [0.5, 0.6) is 0 Å². The molecule has 0 N–H and O–H groups in total. The van der Waals surface area contributed by atoms with E-state index in [0.29, 0.717) is 6.54 Å². The first-order valence-corrected chi connectivity index (χ1v) is 9.31. The summed E-state index contributed by atoms with van der Waals surface area (Å²) in [4.78, 5) is 18.8. The van der Waals surface area contributed by atoms with Gasteiger partial charge >= 0.3 is 6.18 Å². The van der Waals surface area contributed by atoms with Crippen LogP contribution in [0, 0.1) is 0 Å². The second-order valence-corrected chi connectivity index (χ2v) is 7.06. The smallest absolute Gasteiger partial charge is 0.328 e. The van der Waals surface area contributed by atoms with Crippen molar-refractivity contribution in [2.45, 2.75) is 38.4 Å². The van der Waals surface area contributed by atoms with Crippen molar-refractivity contribution >= 4 is 22.6 Å². The zero-order chi connectivity index (χ0) is 19.9. The average Bonchev–Trinajstić information content (AvgIpc) is 3.22. The lowest BCUT2D eigenvalue weighted by molar-refractivity contribution is -0.137. The molecule has 0 bridgehead atoms. The van der Waals surface area contributed by atoms with Gasteiger partial charge in [-0.3, -0.25) is 4.79 Å². The third-order valence-corrected chi connectivity index (χ3v) is 5.11. The summed E-state index contributed by atoms with van der Waals surface area (Å²) < 4.78 is 41.2. The lowest BCUT2D eigenvalue weighted by Gasteiger charge is -2.19. The molecule has 4 nitrogen and oxygen atoms in total. The third kappa shape index (κ3) is 3.25. The van der Waals surface area contributed by atoms with E-state index in [0.717, 1.165) is 42.0 Å². The van der Waals surface area contributed by atoms with E-state index in [1.807, 2.05) is 24.3 Å². The Hall–Kier alpha value is -2.83. The van der Waals surface area contributed by atoms with Crippen molar-refractivity contribution in [2.75, 3.05) is 11.4 Å². The number of aryl methyl sites for hydroxylation is 1. The number of nitrogens with zero attached hydrogens (tertiary/aromatic N) is 3. The van der Waals surface area contributed by atoms with Gasteiger partial charge in [0.1, 0.15) is 5.82 Å². The number of carbonyl (C=O) groups is 1. The van der Waals surface area contributed by atoms with Crippen LogP contribution in [-0.2, 0) is 17.5 Å². The lowest BCUT2D eigenvalue weighted by atomic mass is 10.1. The Bertz CT molecular complexity index is 1030. The average molecular weight is 387 g/mol. The number of hydrogen-bond acceptors (Lipinski definition) is 2. The van der Waals surface area contributed by atoms with Crippen LogP contribution in [-0.4, -0.2) is 22.0 Å². The van der Waals surface area contributed by atoms with E-state index in [4.69, 9.17) is 4.98 Å². The Morgan fingerprint density at radius 2 is 1.93 bits per heavy atom. The summed E-state index contributed by atoms with van der Waals surface area (Å²) in [5.41, 5.74) is 1.42. The van der Waals surface area contributed by atoms with Crippen LogP contribution in [0.25, 0.3) is 11.0 Å². The highest BCUT2D eigenvalue weighted by Gasteiger charge is 2.36. The highest BCUT2D eigenvalue weighted by Crippen LogP contribution is 2.36. The van der Waals surface area contributed by atoms with Crippen molar-refractivity contribution in [3.63, 3.8) is 0 Å². The van der Waals surface area contributed by atoms with Gasteiger partial charge in [-0.1, -0.05) is 25.1 Å². The molecule has 0 radical (unpaired) electrons. The monoisotopic (exact) mass is 387 g/mol. The summed E-state index contributed by atoms with van der Waals surface area (Å²) in [6.07, 6.45) is -3.28. The number of fused-ring (bicyclic) bond motifs is 1. The van der Waals surface area contributed by atoms with Gasteiger partial charge in [0.2, 0.25) is 5.91 Å². The normalized spacial score (nSPS) is 17.6. The molecule has 3 aromatic rings. The van der Waals surface area contributed by atoms with Crippen LogP contribution >= 0.6 is 0 Å². The summed E-state index contributed by atoms with van der Waals surface area (Å²) in [5.74, 6) is 0.492. The maximum atomic E-state index is 13.0. The Kier molecular flexibility index (Phi) is 4.61. The molecule has 1 aliphatic heterocycles. The molecule has 1 unspecified atom stereocenters. The summed E-state index contributed by atoms with van der Waals surface area (Å²) >= 11 is 0. The van der Waals surface area contributed by atoms with Crippen LogP contribution in [0.1, 0.15) is 37.1 Å². The number of anilines is 1. The number of alkyl halides is 3. The molecule has 0 spiro atoms. The molecule has 1 saturated heterocycles. The number of amides is 1. The fourth-order valence-electron chi connectivity index (χ4n) is 3.84. The number of para-hydroxylation sites is 2. The van der Waals surface area contributed by atoms with Crippen LogP contribution in [0.3, 0.4) is 0 Å².